The van der Waals surface area contributed by atoms with Crippen LogP contribution in [-0.4, -0.2) is 71.9 Å². The predicted octanol–water partition coefficient (Wildman–Crippen LogP) is 2.36. The van der Waals surface area contributed by atoms with Crippen LogP contribution in [0.1, 0.15) is 42.6 Å². The first-order chi connectivity index (χ1) is 13.4. The number of ether oxygens (including phenoxy) is 1. The van der Waals surface area contributed by atoms with Gasteiger partial charge in [-0.15, -0.1) is 0 Å². The molecular weight excluding hydrogens is 358 g/mol. The maximum absolute atomic E-state index is 12.7. The largest absolute Gasteiger partial charge is 0.449 e. The number of amides is 3. The van der Waals surface area contributed by atoms with Crippen LogP contribution in [0.3, 0.4) is 0 Å². The number of carbonyl (C=O) groups is 3. The van der Waals surface area contributed by atoms with Crippen molar-refractivity contribution in [1.82, 2.24) is 14.7 Å². The lowest BCUT2D eigenvalue weighted by molar-refractivity contribution is -0.128. The van der Waals surface area contributed by atoms with E-state index >= 15 is 0 Å². The molecule has 0 aliphatic carbocycles. The summed E-state index contributed by atoms with van der Waals surface area (Å²) in [7, 11) is 0. The highest BCUT2D eigenvalue weighted by Crippen LogP contribution is 2.16. The standard InChI is InChI=1S/C21H29N3O4/c1-16(2)15-28-21(27)23-12-10-22(11-13-23)20(26)18-7-5-17(6-8-18)14-24-9-3-4-19(24)25/h5-8,16H,3-4,9-15H2,1-2H3. The van der Waals surface area contributed by atoms with E-state index in [0.717, 1.165) is 18.5 Å². The Kier molecular flexibility index (Phi) is 6.54. The Morgan fingerprint density at radius 1 is 1.00 bits per heavy atom. The Labute approximate surface area is 166 Å². The van der Waals surface area contributed by atoms with Crippen molar-refractivity contribution < 1.29 is 19.1 Å². The van der Waals surface area contributed by atoms with E-state index in [1.807, 2.05) is 43.0 Å². The van der Waals surface area contributed by atoms with Crippen molar-refractivity contribution in [3.8, 4) is 0 Å². The summed E-state index contributed by atoms with van der Waals surface area (Å²) in [5.41, 5.74) is 1.66. The molecule has 0 N–H and O–H groups in total. The zero-order valence-electron chi connectivity index (χ0n) is 16.7. The van der Waals surface area contributed by atoms with Crippen LogP contribution in [0.2, 0.25) is 0 Å². The third kappa shape index (κ3) is 5.03. The van der Waals surface area contributed by atoms with Crippen molar-refractivity contribution in [2.75, 3.05) is 39.3 Å². The van der Waals surface area contributed by atoms with Gasteiger partial charge in [0.05, 0.1) is 6.61 Å². The molecule has 2 saturated heterocycles. The van der Waals surface area contributed by atoms with Crippen molar-refractivity contribution >= 4 is 17.9 Å². The minimum Gasteiger partial charge on any atom is -0.449 e. The fourth-order valence-corrected chi connectivity index (χ4v) is 3.45. The Balaban J connectivity index is 1.49. The van der Waals surface area contributed by atoms with Gasteiger partial charge in [0.25, 0.3) is 5.91 Å². The van der Waals surface area contributed by atoms with Gasteiger partial charge in [-0.05, 0) is 30.0 Å². The van der Waals surface area contributed by atoms with E-state index < -0.39 is 0 Å². The van der Waals surface area contributed by atoms with Gasteiger partial charge in [0.1, 0.15) is 0 Å². The Hall–Kier alpha value is -2.57. The molecule has 0 bridgehead atoms. The summed E-state index contributed by atoms with van der Waals surface area (Å²) < 4.78 is 5.25. The van der Waals surface area contributed by atoms with Crippen LogP contribution < -0.4 is 0 Å². The molecule has 0 unspecified atom stereocenters. The average molecular weight is 387 g/mol. The number of carbonyl (C=O) groups excluding carboxylic acids is 3. The average Bonchev–Trinajstić information content (AvgIpc) is 3.10. The smallest absolute Gasteiger partial charge is 0.409 e. The predicted molar refractivity (Wildman–Crippen MR) is 105 cm³/mol. The van der Waals surface area contributed by atoms with Gasteiger partial charge in [0.2, 0.25) is 5.91 Å². The molecule has 3 rings (SSSR count). The fourth-order valence-electron chi connectivity index (χ4n) is 3.45. The summed E-state index contributed by atoms with van der Waals surface area (Å²) in [6.45, 7) is 7.78. The van der Waals surface area contributed by atoms with Crippen LogP contribution in [0, 0.1) is 5.92 Å². The van der Waals surface area contributed by atoms with E-state index in [4.69, 9.17) is 4.74 Å². The Morgan fingerprint density at radius 3 is 2.21 bits per heavy atom. The van der Waals surface area contributed by atoms with Gasteiger partial charge in [0, 0.05) is 51.3 Å². The minimum absolute atomic E-state index is 0.0287. The number of likely N-dealkylation sites (tertiary alicyclic amines) is 1. The highest BCUT2D eigenvalue weighted by molar-refractivity contribution is 5.94. The summed E-state index contributed by atoms with van der Waals surface area (Å²) in [6.07, 6.45) is 1.25. The lowest BCUT2D eigenvalue weighted by Crippen LogP contribution is -2.50. The molecule has 2 heterocycles. The quantitative estimate of drug-likeness (QED) is 0.778. The van der Waals surface area contributed by atoms with Gasteiger partial charge < -0.3 is 19.4 Å². The molecule has 0 radical (unpaired) electrons. The minimum atomic E-state index is -0.304. The molecule has 0 saturated carbocycles. The normalized spacial score (nSPS) is 17.4. The van der Waals surface area contributed by atoms with Crippen molar-refractivity contribution in [2.24, 2.45) is 5.92 Å². The number of benzene rings is 1. The highest BCUT2D eigenvalue weighted by atomic mass is 16.6. The molecular formula is C21H29N3O4. The van der Waals surface area contributed by atoms with Crippen LogP contribution in [0.15, 0.2) is 24.3 Å². The second-order valence-electron chi connectivity index (χ2n) is 7.87. The molecule has 2 aliphatic heterocycles. The maximum atomic E-state index is 12.7. The molecule has 2 fully saturated rings. The molecule has 1 aromatic rings. The second-order valence-corrected chi connectivity index (χ2v) is 7.87. The monoisotopic (exact) mass is 387 g/mol. The van der Waals surface area contributed by atoms with Crippen LogP contribution in [-0.2, 0) is 16.1 Å². The fraction of sp³-hybridized carbons (Fsp3) is 0.571. The summed E-state index contributed by atoms with van der Waals surface area (Å²) in [5.74, 6) is 0.474. The summed E-state index contributed by atoms with van der Waals surface area (Å²) in [6, 6.07) is 7.47. The van der Waals surface area contributed by atoms with E-state index in [1.54, 1.807) is 9.80 Å². The van der Waals surface area contributed by atoms with Crippen LogP contribution in [0.25, 0.3) is 0 Å². The van der Waals surface area contributed by atoms with E-state index in [-0.39, 0.29) is 17.9 Å². The third-order valence-corrected chi connectivity index (χ3v) is 5.11. The number of hydrogen-bond donors (Lipinski definition) is 0. The highest BCUT2D eigenvalue weighted by Gasteiger charge is 2.26. The van der Waals surface area contributed by atoms with Gasteiger partial charge >= 0.3 is 6.09 Å². The van der Waals surface area contributed by atoms with E-state index in [2.05, 4.69) is 0 Å². The van der Waals surface area contributed by atoms with E-state index in [1.165, 1.54) is 0 Å². The molecule has 0 atom stereocenters. The second kappa shape index (κ2) is 9.08. The number of nitrogens with zero attached hydrogens (tertiary/aromatic N) is 3. The molecule has 2 aliphatic rings. The van der Waals surface area contributed by atoms with Crippen molar-refractivity contribution in [2.45, 2.75) is 33.2 Å². The van der Waals surface area contributed by atoms with Crippen LogP contribution >= 0.6 is 0 Å². The molecule has 0 aromatic heterocycles. The van der Waals surface area contributed by atoms with Gasteiger partial charge in [-0.1, -0.05) is 26.0 Å². The number of piperazine rings is 1. The van der Waals surface area contributed by atoms with Crippen molar-refractivity contribution in [3.63, 3.8) is 0 Å². The summed E-state index contributed by atoms with van der Waals surface area (Å²) in [5, 5.41) is 0. The molecule has 7 nitrogen and oxygen atoms in total. The van der Waals surface area contributed by atoms with Crippen LogP contribution in [0.4, 0.5) is 4.79 Å². The molecule has 7 heteroatoms. The number of hydrogen-bond acceptors (Lipinski definition) is 4. The summed E-state index contributed by atoms with van der Waals surface area (Å²) >= 11 is 0. The van der Waals surface area contributed by atoms with E-state index in [9.17, 15) is 14.4 Å². The Morgan fingerprint density at radius 2 is 1.64 bits per heavy atom. The lowest BCUT2D eigenvalue weighted by atomic mass is 10.1. The first-order valence-electron chi connectivity index (χ1n) is 10.0. The van der Waals surface area contributed by atoms with Gasteiger partial charge in [-0.2, -0.15) is 0 Å². The molecule has 152 valence electrons. The topological polar surface area (TPSA) is 70.2 Å². The molecule has 28 heavy (non-hydrogen) atoms. The zero-order valence-corrected chi connectivity index (χ0v) is 16.7. The van der Waals surface area contributed by atoms with Crippen molar-refractivity contribution in [3.05, 3.63) is 35.4 Å². The Bertz CT molecular complexity index is 709. The lowest BCUT2D eigenvalue weighted by Gasteiger charge is -2.34. The van der Waals surface area contributed by atoms with E-state index in [0.29, 0.717) is 57.2 Å². The molecule has 0 spiro atoms. The third-order valence-electron chi connectivity index (χ3n) is 5.11. The molecule has 1 aromatic carbocycles. The molecule has 3 amide bonds. The zero-order chi connectivity index (χ0) is 20.1. The number of rotatable bonds is 5. The van der Waals surface area contributed by atoms with Gasteiger partial charge in [0.15, 0.2) is 0 Å². The maximum Gasteiger partial charge on any atom is 0.409 e. The van der Waals surface area contributed by atoms with Gasteiger partial charge in [-0.25, -0.2) is 4.79 Å². The SMILES string of the molecule is CC(C)COC(=O)N1CCN(C(=O)c2ccc(CN3CCCC3=O)cc2)CC1. The summed E-state index contributed by atoms with van der Waals surface area (Å²) in [4.78, 5) is 41.8. The van der Waals surface area contributed by atoms with Crippen molar-refractivity contribution in [1.29, 1.82) is 0 Å². The first kappa shape index (κ1) is 20.2. The van der Waals surface area contributed by atoms with Crippen LogP contribution in [0.5, 0.6) is 0 Å². The van der Waals surface area contributed by atoms with Gasteiger partial charge in [-0.3, -0.25) is 9.59 Å². The first-order valence-corrected chi connectivity index (χ1v) is 10.0.